The summed E-state index contributed by atoms with van der Waals surface area (Å²) in [4.78, 5) is 0. The molecule has 0 saturated carbocycles. The number of ether oxygens (including phenoxy) is 1. The molecule has 1 atom stereocenters. The standard InChI is InChI=1S/C19H24FNO/c1-13(2)15-6-9-19(22-3)16(10-15)11-17(12-21)14-4-7-18(20)8-5-14/h4-10,13,17H,11-12,21H2,1-3H3. The molecule has 2 nitrogen and oxygen atoms in total. The topological polar surface area (TPSA) is 35.2 Å². The van der Waals surface area contributed by atoms with Crippen molar-refractivity contribution in [3.8, 4) is 5.75 Å². The molecular formula is C19H24FNO. The Bertz CT molecular complexity index is 607. The Morgan fingerprint density at radius 3 is 2.23 bits per heavy atom. The molecule has 0 aliphatic heterocycles. The van der Waals surface area contributed by atoms with Crippen molar-refractivity contribution >= 4 is 0 Å². The van der Waals surface area contributed by atoms with Gasteiger partial charge < -0.3 is 10.5 Å². The number of rotatable bonds is 6. The number of nitrogens with two attached hydrogens (primary N) is 1. The quantitative estimate of drug-likeness (QED) is 0.866. The summed E-state index contributed by atoms with van der Waals surface area (Å²) in [6.07, 6.45) is 0.784. The molecule has 0 heterocycles. The molecule has 0 bridgehead atoms. The number of halogens is 1. The van der Waals surface area contributed by atoms with E-state index in [0.29, 0.717) is 12.5 Å². The molecule has 3 heteroatoms. The van der Waals surface area contributed by atoms with Gasteiger partial charge in [0.15, 0.2) is 0 Å². The largest absolute Gasteiger partial charge is 0.496 e. The van der Waals surface area contributed by atoms with Gasteiger partial charge in [-0.15, -0.1) is 0 Å². The van der Waals surface area contributed by atoms with Crippen molar-refractivity contribution in [1.82, 2.24) is 0 Å². The zero-order valence-corrected chi connectivity index (χ0v) is 13.5. The first-order valence-corrected chi connectivity index (χ1v) is 7.67. The molecule has 0 radical (unpaired) electrons. The minimum absolute atomic E-state index is 0.150. The van der Waals surface area contributed by atoms with E-state index in [9.17, 15) is 4.39 Å². The van der Waals surface area contributed by atoms with Crippen molar-refractivity contribution in [2.75, 3.05) is 13.7 Å². The molecule has 22 heavy (non-hydrogen) atoms. The number of benzene rings is 2. The third-order valence-electron chi connectivity index (χ3n) is 4.06. The number of methoxy groups -OCH3 is 1. The molecule has 0 saturated heterocycles. The second-order valence-electron chi connectivity index (χ2n) is 5.91. The minimum Gasteiger partial charge on any atom is -0.496 e. The first kappa shape index (κ1) is 16.5. The minimum atomic E-state index is -0.223. The van der Waals surface area contributed by atoms with Gasteiger partial charge in [-0.1, -0.05) is 38.1 Å². The molecule has 1 unspecified atom stereocenters. The maximum Gasteiger partial charge on any atom is 0.123 e. The van der Waals surface area contributed by atoms with E-state index in [4.69, 9.17) is 10.5 Å². The molecule has 0 spiro atoms. The van der Waals surface area contributed by atoms with Gasteiger partial charge in [-0.25, -0.2) is 4.39 Å². The summed E-state index contributed by atoms with van der Waals surface area (Å²) in [6, 6.07) is 12.9. The van der Waals surface area contributed by atoms with Gasteiger partial charge in [0.1, 0.15) is 11.6 Å². The highest BCUT2D eigenvalue weighted by molar-refractivity contribution is 5.40. The van der Waals surface area contributed by atoms with Gasteiger partial charge in [-0.2, -0.15) is 0 Å². The molecular weight excluding hydrogens is 277 g/mol. The normalized spacial score (nSPS) is 12.5. The van der Waals surface area contributed by atoms with Crippen LogP contribution < -0.4 is 10.5 Å². The SMILES string of the molecule is COc1ccc(C(C)C)cc1CC(CN)c1ccc(F)cc1. The van der Waals surface area contributed by atoms with E-state index in [-0.39, 0.29) is 11.7 Å². The van der Waals surface area contributed by atoms with Crippen LogP contribution in [0, 0.1) is 5.82 Å². The van der Waals surface area contributed by atoms with Gasteiger partial charge in [-0.3, -0.25) is 0 Å². The second kappa shape index (κ2) is 7.41. The third-order valence-corrected chi connectivity index (χ3v) is 4.06. The number of hydrogen-bond donors (Lipinski definition) is 1. The predicted octanol–water partition coefficient (Wildman–Crippen LogP) is 4.24. The van der Waals surface area contributed by atoms with Crippen LogP contribution in [0.15, 0.2) is 42.5 Å². The molecule has 2 aromatic carbocycles. The fourth-order valence-electron chi connectivity index (χ4n) is 2.65. The van der Waals surface area contributed by atoms with E-state index in [0.717, 1.165) is 23.3 Å². The lowest BCUT2D eigenvalue weighted by Crippen LogP contribution is -2.15. The molecule has 0 aliphatic rings. The zero-order valence-electron chi connectivity index (χ0n) is 13.5. The average Bonchev–Trinajstić information content (AvgIpc) is 2.53. The Morgan fingerprint density at radius 1 is 1.05 bits per heavy atom. The third kappa shape index (κ3) is 3.86. The van der Waals surface area contributed by atoms with Gasteiger partial charge in [0, 0.05) is 5.92 Å². The van der Waals surface area contributed by atoms with Crippen molar-refractivity contribution < 1.29 is 9.13 Å². The van der Waals surface area contributed by atoms with E-state index in [1.54, 1.807) is 7.11 Å². The van der Waals surface area contributed by atoms with Gasteiger partial charge in [-0.05, 0) is 53.8 Å². The summed E-state index contributed by atoms with van der Waals surface area (Å²) >= 11 is 0. The van der Waals surface area contributed by atoms with Crippen LogP contribution in [0.4, 0.5) is 4.39 Å². The van der Waals surface area contributed by atoms with Crippen molar-refractivity contribution in [2.24, 2.45) is 5.73 Å². The van der Waals surface area contributed by atoms with Crippen LogP contribution in [0.25, 0.3) is 0 Å². The molecule has 2 aromatic rings. The highest BCUT2D eigenvalue weighted by Crippen LogP contribution is 2.29. The van der Waals surface area contributed by atoms with Gasteiger partial charge in [0.2, 0.25) is 0 Å². The molecule has 2 N–H and O–H groups in total. The average molecular weight is 301 g/mol. The summed E-state index contributed by atoms with van der Waals surface area (Å²) in [5, 5.41) is 0. The van der Waals surface area contributed by atoms with E-state index >= 15 is 0 Å². The molecule has 0 aliphatic carbocycles. The van der Waals surface area contributed by atoms with E-state index in [1.165, 1.54) is 17.7 Å². The molecule has 0 aromatic heterocycles. The fourth-order valence-corrected chi connectivity index (χ4v) is 2.65. The lowest BCUT2D eigenvalue weighted by molar-refractivity contribution is 0.407. The highest BCUT2D eigenvalue weighted by Gasteiger charge is 2.15. The lowest BCUT2D eigenvalue weighted by atomic mass is 9.90. The van der Waals surface area contributed by atoms with Crippen molar-refractivity contribution in [3.63, 3.8) is 0 Å². The summed E-state index contributed by atoms with van der Waals surface area (Å²) in [5.41, 5.74) is 9.43. The van der Waals surface area contributed by atoms with Crippen LogP contribution in [0.3, 0.4) is 0 Å². The fraction of sp³-hybridized carbons (Fsp3) is 0.368. The van der Waals surface area contributed by atoms with Crippen LogP contribution in [-0.2, 0) is 6.42 Å². The summed E-state index contributed by atoms with van der Waals surface area (Å²) in [6.45, 7) is 4.86. The molecule has 2 rings (SSSR count). The van der Waals surface area contributed by atoms with Crippen molar-refractivity contribution in [2.45, 2.75) is 32.1 Å². The maximum absolute atomic E-state index is 13.1. The Kier molecular flexibility index (Phi) is 5.56. The van der Waals surface area contributed by atoms with Crippen LogP contribution in [0.1, 0.15) is 42.4 Å². The van der Waals surface area contributed by atoms with E-state index in [1.807, 2.05) is 18.2 Å². The molecule has 118 valence electrons. The van der Waals surface area contributed by atoms with Crippen LogP contribution in [0.2, 0.25) is 0 Å². The second-order valence-corrected chi connectivity index (χ2v) is 5.91. The Hall–Kier alpha value is -1.87. The summed E-state index contributed by atoms with van der Waals surface area (Å²) in [5.74, 6) is 1.27. The van der Waals surface area contributed by atoms with E-state index < -0.39 is 0 Å². The first-order chi connectivity index (χ1) is 10.5. The Balaban J connectivity index is 2.30. The predicted molar refractivity (Wildman–Crippen MR) is 89.0 cm³/mol. The van der Waals surface area contributed by atoms with Crippen LogP contribution >= 0.6 is 0 Å². The Morgan fingerprint density at radius 2 is 1.68 bits per heavy atom. The molecule has 0 fully saturated rings. The van der Waals surface area contributed by atoms with Crippen LogP contribution in [-0.4, -0.2) is 13.7 Å². The maximum atomic E-state index is 13.1. The zero-order chi connectivity index (χ0) is 16.1. The number of hydrogen-bond acceptors (Lipinski definition) is 2. The van der Waals surface area contributed by atoms with Crippen LogP contribution in [0.5, 0.6) is 5.75 Å². The first-order valence-electron chi connectivity index (χ1n) is 7.67. The van der Waals surface area contributed by atoms with E-state index in [2.05, 4.69) is 26.0 Å². The molecule has 0 amide bonds. The summed E-state index contributed by atoms with van der Waals surface area (Å²) in [7, 11) is 1.68. The smallest absolute Gasteiger partial charge is 0.123 e. The summed E-state index contributed by atoms with van der Waals surface area (Å²) < 4.78 is 18.6. The van der Waals surface area contributed by atoms with Gasteiger partial charge in [0.05, 0.1) is 7.11 Å². The van der Waals surface area contributed by atoms with Gasteiger partial charge in [0.25, 0.3) is 0 Å². The Labute approximate surface area is 132 Å². The monoisotopic (exact) mass is 301 g/mol. The van der Waals surface area contributed by atoms with Crippen molar-refractivity contribution in [1.29, 1.82) is 0 Å². The highest BCUT2D eigenvalue weighted by atomic mass is 19.1. The van der Waals surface area contributed by atoms with Gasteiger partial charge >= 0.3 is 0 Å². The lowest BCUT2D eigenvalue weighted by Gasteiger charge is -2.19. The van der Waals surface area contributed by atoms with Crippen molar-refractivity contribution in [3.05, 3.63) is 65.0 Å².